The zero-order valence-corrected chi connectivity index (χ0v) is 10.5. The molecule has 1 aromatic rings. The van der Waals surface area contributed by atoms with Crippen molar-refractivity contribution in [1.82, 2.24) is 0 Å². The van der Waals surface area contributed by atoms with Crippen LogP contribution in [0.15, 0.2) is 24.3 Å². The van der Waals surface area contributed by atoms with Crippen molar-refractivity contribution < 1.29 is 14.4 Å². The fraction of sp³-hybridized carbons (Fsp3) is 0.538. The average Bonchev–Trinajstić information content (AvgIpc) is 2.71. The molecule has 3 nitrogen and oxygen atoms in total. The summed E-state index contributed by atoms with van der Waals surface area (Å²) in [4.78, 5) is 0. The molecule has 1 fully saturated rings. The standard InChI is InChI=1S/C13H20BNO2/c1-10-7-8-11(2)15(10)9-12-5-3-4-6-13(12)14(15,16)17/h3-6,10-11,16-17H,7-9H2,1-2H3/t10-,11?,15-/m0/s1. The Hall–Kier alpha value is -0.835. The molecule has 1 saturated heterocycles. The minimum absolute atomic E-state index is 0.326. The van der Waals surface area contributed by atoms with Gasteiger partial charge >= 0.3 is 6.69 Å². The summed E-state index contributed by atoms with van der Waals surface area (Å²) in [6.45, 7) is 2.61. The zero-order chi connectivity index (χ0) is 12.3. The van der Waals surface area contributed by atoms with E-state index in [1.54, 1.807) is 0 Å². The van der Waals surface area contributed by atoms with Gasteiger partial charge in [-0.15, -0.1) is 0 Å². The molecule has 92 valence electrons. The van der Waals surface area contributed by atoms with Gasteiger partial charge in [0.25, 0.3) is 0 Å². The molecule has 1 spiro atoms. The lowest BCUT2D eigenvalue weighted by atomic mass is 9.61. The van der Waals surface area contributed by atoms with Gasteiger partial charge < -0.3 is 14.4 Å². The summed E-state index contributed by atoms with van der Waals surface area (Å²) in [6, 6.07) is 8.44. The van der Waals surface area contributed by atoms with Gasteiger partial charge in [-0.25, -0.2) is 0 Å². The van der Waals surface area contributed by atoms with Crippen molar-refractivity contribution in [3.8, 4) is 0 Å². The van der Waals surface area contributed by atoms with E-state index in [1.165, 1.54) is 0 Å². The highest BCUT2D eigenvalue weighted by atomic mass is 16.4. The molecule has 2 N–H and O–H groups in total. The van der Waals surface area contributed by atoms with Gasteiger partial charge in [-0.1, -0.05) is 29.7 Å². The van der Waals surface area contributed by atoms with E-state index in [9.17, 15) is 10.0 Å². The largest absolute Gasteiger partial charge is 0.524 e. The quantitative estimate of drug-likeness (QED) is 0.648. The lowest BCUT2D eigenvalue weighted by molar-refractivity contribution is -0.888. The number of hydrogen-bond acceptors (Lipinski definition) is 2. The Labute approximate surface area is 102 Å². The number of benzene rings is 1. The fourth-order valence-electron chi connectivity index (χ4n) is 4.16. The molecule has 0 aliphatic carbocycles. The van der Waals surface area contributed by atoms with Crippen molar-refractivity contribution in [2.24, 2.45) is 0 Å². The van der Waals surface area contributed by atoms with Gasteiger partial charge in [0.05, 0.1) is 6.54 Å². The average molecular weight is 233 g/mol. The van der Waals surface area contributed by atoms with E-state index in [4.69, 9.17) is 0 Å². The Morgan fingerprint density at radius 1 is 1.12 bits per heavy atom. The van der Waals surface area contributed by atoms with Gasteiger partial charge in [0, 0.05) is 24.9 Å². The Morgan fingerprint density at radius 2 is 1.71 bits per heavy atom. The van der Waals surface area contributed by atoms with E-state index < -0.39 is 6.69 Å². The number of hydrogen-bond donors (Lipinski definition) is 2. The van der Waals surface area contributed by atoms with Gasteiger partial charge in [0.1, 0.15) is 0 Å². The Bertz CT molecular complexity index is 450. The van der Waals surface area contributed by atoms with Gasteiger partial charge in [-0.3, -0.25) is 0 Å². The molecule has 3 atom stereocenters. The Morgan fingerprint density at radius 3 is 2.29 bits per heavy atom. The SMILES string of the molecule is CC1CC[C@H](C)[N@@+]12Cc1ccccc1[B-]2(O)O. The Kier molecular flexibility index (Phi) is 2.22. The fourth-order valence-corrected chi connectivity index (χ4v) is 4.16. The molecule has 2 heterocycles. The van der Waals surface area contributed by atoms with Crippen molar-refractivity contribution in [3.63, 3.8) is 0 Å². The highest BCUT2D eigenvalue weighted by molar-refractivity contribution is 6.73. The molecule has 1 unspecified atom stereocenters. The minimum atomic E-state index is -2.46. The van der Waals surface area contributed by atoms with Gasteiger partial charge in [-0.2, -0.15) is 0 Å². The van der Waals surface area contributed by atoms with Crippen LogP contribution < -0.4 is 5.46 Å². The molecule has 4 heteroatoms. The lowest BCUT2D eigenvalue weighted by Gasteiger charge is -2.53. The molecule has 0 saturated carbocycles. The van der Waals surface area contributed by atoms with E-state index in [1.807, 2.05) is 24.3 Å². The maximum absolute atomic E-state index is 10.7. The first-order valence-corrected chi connectivity index (χ1v) is 6.55. The van der Waals surface area contributed by atoms with Crippen LogP contribution in [0.5, 0.6) is 0 Å². The molecule has 3 rings (SSSR count). The van der Waals surface area contributed by atoms with Gasteiger partial charge in [0.2, 0.25) is 0 Å². The van der Waals surface area contributed by atoms with E-state index in [0.29, 0.717) is 16.5 Å². The summed E-state index contributed by atoms with van der Waals surface area (Å²) >= 11 is 0. The van der Waals surface area contributed by atoms with Crippen molar-refractivity contribution in [3.05, 3.63) is 29.8 Å². The third-order valence-electron chi connectivity index (χ3n) is 5.23. The molecular weight excluding hydrogens is 213 g/mol. The third-order valence-corrected chi connectivity index (χ3v) is 5.23. The highest BCUT2D eigenvalue weighted by Gasteiger charge is 2.60. The van der Waals surface area contributed by atoms with Crippen LogP contribution in [0.4, 0.5) is 0 Å². The second kappa shape index (κ2) is 3.34. The Balaban J connectivity index is 2.18. The van der Waals surface area contributed by atoms with Crippen molar-refractivity contribution in [1.29, 1.82) is 0 Å². The summed E-state index contributed by atoms with van der Waals surface area (Å²) in [7, 11) is 0. The molecule has 2 aliphatic heterocycles. The topological polar surface area (TPSA) is 40.5 Å². The summed E-state index contributed by atoms with van der Waals surface area (Å²) in [5, 5.41) is 21.5. The molecule has 0 radical (unpaired) electrons. The van der Waals surface area contributed by atoms with Crippen molar-refractivity contribution >= 4 is 12.1 Å². The predicted molar refractivity (Wildman–Crippen MR) is 68.4 cm³/mol. The van der Waals surface area contributed by atoms with Crippen LogP contribution >= 0.6 is 0 Å². The first kappa shape index (κ1) is 11.3. The third kappa shape index (κ3) is 1.18. The number of quaternary nitrogens is 1. The van der Waals surface area contributed by atoms with E-state index in [-0.39, 0.29) is 0 Å². The highest BCUT2D eigenvalue weighted by Crippen LogP contribution is 2.42. The van der Waals surface area contributed by atoms with Crippen molar-refractivity contribution in [2.75, 3.05) is 0 Å². The normalized spacial score (nSPS) is 38.6. The summed E-state index contributed by atoms with van der Waals surface area (Å²) in [5.74, 6) is 0. The second-order valence-corrected chi connectivity index (χ2v) is 5.86. The molecule has 0 aromatic heterocycles. The first-order valence-electron chi connectivity index (χ1n) is 6.55. The first-order chi connectivity index (χ1) is 8.00. The number of nitrogens with zero attached hydrogens (tertiary/aromatic N) is 1. The minimum Gasteiger partial charge on any atom is -0.524 e. The lowest BCUT2D eigenvalue weighted by Crippen LogP contribution is -2.73. The van der Waals surface area contributed by atoms with Crippen LogP contribution in [0.2, 0.25) is 0 Å². The molecular formula is C13H20BNO2. The summed E-state index contributed by atoms with van der Waals surface area (Å²) in [5.41, 5.74) is 1.87. The van der Waals surface area contributed by atoms with Gasteiger partial charge in [0.15, 0.2) is 0 Å². The van der Waals surface area contributed by atoms with Crippen LogP contribution in [0.3, 0.4) is 0 Å². The van der Waals surface area contributed by atoms with Crippen LogP contribution in [-0.4, -0.2) is 33.2 Å². The molecule has 0 bridgehead atoms. The van der Waals surface area contributed by atoms with Gasteiger partial charge in [-0.05, 0) is 19.4 Å². The predicted octanol–water partition coefficient (Wildman–Crippen LogP) is 0.718. The van der Waals surface area contributed by atoms with Crippen LogP contribution in [0.25, 0.3) is 0 Å². The van der Waals surface area contributed by atoms with Crippen LogP contribution in [0.1, 0.15) is 32.3 Å². The van der Waals surface area contributed by atoms with E-state index >= 15 is 0 Å². The maximum Gasteiger partial charge on any atom is 0.498 e. The van der Waals surface area contributed by atoms with Crippen LogP contribution in [0, 0.1) is 0 Å². The second-order valence-electron chi connectivity index (χ2n) is 5.86. The smallest absolute Gasteiger partial charge is 0.498 e. The maximum atomic E-state index is 10.7. The molecule has 1 aromatic carbocycles. The van der Waals surface area contributed by atoms with Crippen molar-refractivity contribution in [2.45, 2.75) is 45.3 Å². The monoisotopic (exact) mass is 233 g/mol. The molecule has 17 heavy (non-hydrogen) atoms. The zero-order valence-electron chi connectivity index (χ0n) is 10.5. The molecule has 0 amide bonds. The molecule has 2 aliphatic rings. The van der Waals surface area contributed by atoms with E-state index in [0.717, 1.165) is 30.4 Å². The van der Waals surface area contributed by atoms with Crippen LogP contribution in [-0.2, 0) is 6.54 Å². The number of fused-ring (bicyclic) bond motifs is 1. The van der Waals surface area contributed by atoms with E-state index in [2.05, 4.69) is 13.8 Å². The summed E-state index contributed by atoms with van der Waals surface area (Å²) < 4.78 is 0.458. The summed E-state index contributed by atoms with van der Waals surface area (Å²) in [6.07, 6.45) is 2.17. The number of rotatable bonds is 0.